The largest absolute Gasteiger partial charge is 0.486 e. The number of benzene rings is 1. The predicted octanol–water partition coefficient (Wildman–Crippen LogP) is 2.68. The summed E-state index contributed by atoms with van der Waals surface area (Å²) in [5.74, 6) is 1.48. The first kappa shape index (κ1) is 18.8. The van der Waals surface area contributed by atoms with Gasteiger partial charge in [-0.15, -0.1) is 0 Å². The van der Waals surface area contributed by atoms with Crippen LogP contribution in [0.1, 0.15) is 31.2 Å². The second-order valence-electron chi connectivity index (χ2n) is 7.44. The van der Waals surface area contributed by atoms with Crippen molar-refractivity contribution in [2.75, 3.05) is 13.2 Å². The SMILES string of the molecule is O=C(CC[C@@]1(Cc2ccsc2)CCC(=O)N1)NC[C@H]1COc2ccccc2O1. The van der Waals surface area contributed by atoms with Crippen LogP contribution in [0.2, 0.25) is 0 Å². The van der Waals surface area contributed by atoms with Crippen molar-refractivity contribution in [3.63, 3.8) is 0 Å². The molecule has 2 aliphatic rings. The van der Waals surface area contributed by atoms with E-state index in [0.717, 1.165) is 18.6 Å². The molecule has 1 fully saturated rings. The minimum atomic E-state index is -0.321. The normalized spacial score (nSPS) is 23.3. The number of hydrogen-bond acceptors (Lipinski definition) is 5. The molecule has 0 radical (unpaired) electrons. The van der Waals surface area contributed by atoms with Gasteiger partial charge in [-0.2, -0.15) is 11.3 Å². The predicted molar refractivity (Wildman–Crippen MR) is 107 cm³/mol. The fraction of sp³-hybridized carbons (Fsp3) is 0.429. The third-order valence-corrected chi connectivity index (χ3v) is 6.01. The molecular formula is C21H24N2O4S. The second-order valence-corrected chi connectivity index (χ2v) is 8.22. The summed E-state index contributed by atoms with van der Waals surface area (Å²) in [7, 11) is 0. The summed E-state index contributed by atoms with van der Waals surface area (Å²) >= 11 is 1.65. The van der Waals surface area contributed by atoms with Crippen molar-refractivity contribution < 1.29 is 19.1 Å². The van der Waals surface area contributed by atoms with Crippen LogP contribution < -0.4 is 20.1 Å². The average molecular weight is 401 g/mol. The molecule has 6 nitrogen and oxygen atoms in total. The van der Waals surface area contributed by atoms with Gasteiger partial charge < -0.3 is 20.1 Å². The lowest BCUT2D eigenvalue weighted by molar-refractivity contribution is -0.123. The number of fused-ring (bicyclic) bond motifs is 1. The Labute approximate surface area is 168 Å². The van der Waals surface area contributed by atoms with Crippen LogP contribution in [0.15, 0.2) is 41.1 Å². The summed E-state index contributed by atoms with van der Waals surface area (Å²) in [5, 5.41) is 10.2. The zero-order valence-corrected chi connectivity index (χ0v) is 16.4. The molecule has 0 saturated carbocycles. The van der Waals surface area contributed by atoms with Crippen LogP contribution in [-0.2, 0) is 16.0 Å². The highest BCUT2D eigenvalue weighted by Gasteiger charge is 2.38. The Morgan fingerprint density at radius 2 is 2.14 bits per heavy atom. The van der Waals surface area contributed by atoms with Gasteiger partial charge in [0.15, 0.2) is 11.5 Å². The number of amides is 2. The lowest BCUT2D eigenvalue weighted by atomic mass is 9.85. The van der Waals surface area contributed by atoms with Gasteiger partial charge in [0.1, 0.15) is 12.7 Å². The van der Waals surface area contributed by atoms with Gasteiger partial charge >= 0.3 is 0 Å². The number of rotatable bonds is 7. The zero-order chi connectivity index (χ0) is 19.4. The zero-order valence-electron chi connectivity index (χ0n) is 15.6. The van der Waals surface area contributed by atoms with Crippen LogP contribution in [-0.4, -0.2) is 36.6 Å². The first-order valence-electron chi connectivity index (χ1n) is 9.59. The van der Waals surface area contributed by atoms with Gasteiger partial charge in [-0.25, -0.2) is 0 Å². The lowest BCUT2D eigenvalue weighted by Crippen LogP contribution is -2.45. The number of carbonyl (C=O) groups excluding carboxylic acids is 2. The van der Waals surface area contributed by atoms with E-state index in [4.69, 9.17) is 9.47 Å². The molecule has 0 spiro atoms. The van der Waals surface area contributed by atoms with Crippen LogP contribution >= 0.6 is 11.3 Å². The molecule has 148 valence electrons. The Morgan fingerprint density at radius 3 is 2.89 bits per heavy atom. The van der Waals surface area contributed by atoms with E-state index in [9.17, 15) is 9.59 Å². The molecule has 2 aromatic rings. The molecule has 0 unspecified atom stereocenters. The molecule has 2 amide bonds. The molecular weight excluding hydrogens is 376 g/mol. The summed E-state index contributed by atoms with van der Waals surface area (Å²) in [4.78, 5) is 24.2. The van der Waals surface area contributed by atoms with Crippen LogP contribution in [0.4, 0.5) is 0 Å². The molecule has 3 heterocycles. The van der Waals surface area contributed by atoms with E-state index in [1.807, 2.05) is 29.6 Å². The highest BCUT2D eigenvalue weighted by Crippen LogP contribution is 2.31. The third-order valence-electron chi connectivity index (χ3n) is 5.28. The topological polar surface area (TPSA) is 76.7 Å². The Bertz CT molecular complexity index is 839. The molecule has 4 rings (SSSR count). The molecule has 1 saturated heterocycles. The molecule has 2 aliphatic heterocycles. The van der Waals surface area contributed by atoms with Gasteiger partial charge in [-0.1, -0.05) is 12.1 Å². The Morgan fingerprint density at radius 1 is 1.29 bits per heavy atom. The van der Waals surface area contributed by atoms with Crippen LogP contribution in [0.5, 0.6) is 11.5 Å². The van der Waals surface area contributed by atoms with E-state index in [1.54, 1.807) is 11.3 Å². The molecule has 1 aromatic carbocycles. The summed E-state index contributed by atoms with van der Waals surface area (Å²) in [6.45, 7) is 0.812. The average Bonchev–Trinajstić information content (AvgIpc) is 3.35. The molecule has 1 aromatic heterocycles. The van der Waals surface area contributed by atoms with Crippen LogP contribution in [0.3, 0.4) is 0 Å². The van der Waals surface area contributed by atoms with Crippen LogP contribution in [0, 0.1) is 0 Å². The lowest BCUT2D eigenvalue weighted by Gasteiger charge is -2.29. The van der Waals surface area contributed by atoms with Crippen molar-refractivity contribution in [1.29, 1.82) is 0 Å². The number of para-hydroxylation sites is 2. The van der Waals surface area contributed by atoms with Gasteiger partial charge in [-0.05, 0) is 53.8 Å². The van der Waals surface area contributed by atoms with E-state index in [1.165, 1.54) is 5.56 Å². The standard InChI is InChI=1S/C21H24N2O4S/c24-19(22-12-16-13-26-17-3-1-2-4-18(17)27-16)5-8-21(9-6-20(25)23-21)11-15-7-10-28-14-15/h1-4,7,10,14,16H,5-6,8-9,11-13H2,(H,22,24)(H,23,25)/t16-,21-/m0/s1. The van der Waals surface area contributed by atoms with Crippen molar-refractivity contribution in [2.24, 2.45) is 0 Å². The molecule has 0 aliphatic carbocycles. The van der Waals surface area contributed by atoms with Crippen molar-refractivity contribution in [3.05, 3.63) is 46.7 Å². The summed E-state index contributed by atoms with van der Waals surface area (Å²) in [6, 6.07) is 9.60. The smallest absolute Gasteiger partial charge is 0.220 e. The number of thiophene rings is 1. The molecule has 2 atom stereocenters. The van der Waals surface area contributed by atoms with E-state index in [2.05, 4.69) is 22.1 Å². The van der Waals surface area contributed by atoms with Crippen molar-refractivity contribution in [2.45, 2.75) is 43.7 Å². The maximum absolute atomic E-state index is 12.4. The Balaban J connectivity index is 1.27. The second kappa shape index (κ2) is 8.22. The first-order valence-corrected chi connectivity index (χ1v) is 10.5. The number of hydrogen-bond donors (Lipinski definition) is 2. The first-order chi connectivity index (χ1) is 13.6. The fourth-order valence-electron chi connectivity index (χ4n) is 3.80. The van der Waals surface area contributed by atoms with Gasteiger partial charge in [0.2, 0.25) is 11.8 Å². The molecule has 28 heavy (non-hydrogen) atoms. The van der Waals surface area contributed by atoms with Gasteiger partial charge in [0.25, 0.3) is 0 Å². The van der Waals surface area contributed by atoms with E-state index in [-0.39, 0.29) is 23.5 Å². The Kier molecular flexibility index (Phi) is 5.52. The van der Waals surface area contributed by atoms with E-state index < -0.39 is 0 Å². The summed E-state index contributed by atoms with van der Waals surface area (Å²) in [6.07, 6.45) is 2.86. The van der Waals surface area contributed by atoms with Crippen molar-refractivity contribution >= 4 is 23.2 Å². The van der Waals surface area contributed by atoms with Gasteiger partial charge in [0, 0.05) is 18.4 Å². The molecule has 7 heteroatoms. The minimum Gasteiger partial charge on any atom is -0.486 e. The maximum atomic E-state index is 12.4. The monoisotopic (exact) mass is 400 g/mol. The van der Waals surface area contributed by atoms with Gasteiger partial charge in [0.05, 0.1) is 6.54 Å². The number of ether oxygens (including phenoxy) is 2. The van der Waals surface area contributed by atoms with Gasteiger partial charge in [-0.3, -0.25) is 9.59 Å². The number of nitrogens with one attached hydrogen (secondary N) is 2. The quantitative estimate of drug-likeness (QED) is 0.749. The van der Waals surface area contributed by atoms with Crippen molar-refractivity contribution in [3.8, 4) is 11.5 Å². The number of carbonyl (C=O) groups is 2. The fourth-order valence-corrected chi connectivity index (χ4v) is 4.47. The summed E-state index contributed by atoms with van der Waals surface area (Å²) < 4.78 is 11.5. The molecule has 0 bridgehead atoms. The maximum Gasteiger partial charge on any atom is 0.220 e. The van der Waals surface area contributed by atoms with E-state index >= 15 is 0 Å². The third kappa shape index (κ3) is 4.47. The van der Waals surface area contributed by atoms with Crippen molar-refractivity contribution in [1.82, 2.24) is 10.6 Å². The van der Waals surface area contributed by atoms with Crippen LogP contribution in [0.25, 0.3) is 0 Å². The highest BCUT2D eigenvalue weighted by molar-refractivity contribution is 7.07. The minimum absolute atomic E-state index is 0.0340. The highest BCUT2D eigenvalue weighted by atomic mass is 32.1. The summed E-state index contributed by atoms with van der Waals surface area (Å²) in [5.41, 5.74) is 0.887. The Hall–Kier alpha value is -2.54. The van der Waals surface area contributed by atoms with E-state index in [0.29, 0.717) is 38.2 Å². The molecule has 2 N–H and O–H groups in total.